The van der Waals surface area contributed by atoms with Gasteiger partial charge in [-0.3, -0.25) is 9.59 Å². The van der Waals surface area contributed by atoms with Crippen molar-refractivity contribution in [3.8, 4) is 0 Å². The van der Waals surface area contributed by atoms with Gasteiger partial charge in [0.15, 0.2) is 0 Å². The second-order valence-electron chi connectivity index (χ2n) is 7.75. The maximum absolute atomic E-state index is 13.5. The molecule has 3 aromatic rings. The van der Waals surface area contributed by atoms with Crippen LogP contribution in [0, 0.1) is 0 Å². The summed E-state index contributed by atoms with van der Waals surface area (Å²) >= 11 is 5.01. The predicted octanol–water partition coefficient (Wildman–Crippen LogP) is 5.71. The van der Waals surface area contributed by atoms with E-state index in [0.717, 1.165) is 26.9 Å². The molecule has 3 aromatic carbocycles. The fourth-order valence-electron chi connectivity index (χ4n) is 3.50. The molecule has 0 aliphatic heterocycles. The number of benzene rings is 3. The molecule has 4 nitrogen and oxygen atoms in total. The van der Waals surface area contributed by atoms with Crippen LogP contribution in [0.4, 0.5) is 0 Å². The first-order valence-electron chi connectivity index (χ1n) is 11.1. The van der Waals surface area contributed by atoms with Gasteiger partial charge in [-0.1, -0.05) is 83.5 Å². The van der Waals surface area contributed by atoms with Crippen LogP contribution in [0.15, 0.2) is 94.3 Å². The predicted molar refractivity (Wildman–Crippen MR) is 139 cm³/mol. The van der Waals surface area contributed by atoms with Crippen molar-refractivity contribution in [1.29, 1.82) is 0 Å². The Morgan fingerprint density at radius 1 is 0.939 bits per heavy atom. The number of hydrogen-bond acceptors (Lipinski definition) is 3. The minimum Gasteiger partial charge on any atom is -0.354 e. The highest BCUT2D eigenvalue weighted by Gasteiger charge is 2.30. The van der Waals surface area contributed by atoms with Crippen LogP contribution in [0.5, 0.6) is 0 Å². The summed E-state index contributed by atoms with van der Waals surface area (Å²) in [5.41, 5.74) is 2.00. The molecule has 0 spiro atoms. The molecule has 0 saturated heterocycles. The summed E-state index contributed by atoms with van der Waals surface area (Å²) in [5.74, 6) is 0.0924. The number of carbonyl (C=O) groups is 2. The average Bonchev–Trinajstić information content (AvgIpc) is 2.84. The quantitative estimate of drug-likeness (QED) is 0.327. The molecule has 0 aliphatic carbocycles. The number of carbonyl (C=O) groups excluding carboxylic acids is 2. The molecular weight excluding hydrogens is 496 g/mol. The number of amides is 2. The maximum Gasteiger partial charge on any atom is 0.243 e. The molecule has 0 aliphatic rings. The summed E-state index contributed by atoms with van der Waals surface area (Å²) in [5, 5.41) is 3.01. The van der Waals surface area contributed by atoms with E-state index in [4.69, 9.17) is 0 Å². The van der Waals surface area contributed by atoms with Crippen molar-refractivity contribution in [2.24, 2.45) is 0 Å². The standard InChI is InChI=1S/C27H29BrN2O2S/c1-2-16-29-27(32)25(18-21-10-5-3-6-11-21)30(19-22-12-9-13-23(28)17-22)26(31)20-33-24-14-7-4-8-15-24/h3-15,17,25H,2,16,18-20H2,1H3,(H,29,32). The van der Waals surface area contributed by atoms with E-state index in [-0.39, 0.29) is 17.6 Å². The van der Waals surface area contributed by atoms with Gasteiger partial charge in [-0.2, -0.15) is 0 Å². The summed E-state index contributed by atoms with van der Waals surface area (Å²) < 4.78 is 0.945. The van der Waals surface area contributed by atoms with E-state index in [9.17, 15) is 9.59 Å². The normalized spacial score (nSPS) is 11.6. The molecule has 172 valence electrons. The Hall–Kier alpha value is -2.57. The van der Waals surface area contributed by atoms with Crippen LogP contribution in [-0.4, -0.2) is 35.1 Å². The van der Waals surface area contributed by atoms with E-state index in [1.807, 2.05) is 91.9 Å². The van der Waals surface area contributed by atoms with E-state index in [0.29, 0.717) is 19.5 Å². The Labute approximate surface area is 208 Å². The van der Waals surface area contributed by atoms with Gasteiger partial charge in [0.2, 0.25) is 11.8 Å². The van der Waals surface area contributed by atoms with Crippen molar-refractivity contribution >= 4 is 39.5 Å². The molecule has 0 fully saturated rings. The van der Waals surface area contributed by atoms with Crippen LogP contribution in [0.25, 0.3) is 0 Å². The van der Waals surface area contributed by atoms with Crippen molar-refractivity contribution in [2.75, 3.05) is 12.3 Å². The Balaban J connectivity index is 1.88. The van der Waals surface area contributed by atoms with Crippen LogP contribution in [0.3, 0.4) is 0 Å². The average molecular weight is 526 g/mol. The first-order chi connectivity index (χ1) is 16.1. The monoisotopic (exact) mass is 524 g/mol. The minimum atomic E-state index is -0.596. The molecule has 3 rings (SSSR count). The van der Waals surface area contributed by atoms with Crippen molar-refractivity contribution in [1.82, 2.24) is 10.2 Å². The van der Waals surface area contributed by atoms with Crippen molar-refractivity contribution in [3.05, 3.63) is 101 Å². The first-order valence-corrected chi connectivity index (χ1v) is 12.9. The summed E-state index contributed by atoms with van der Waals surface area (Å²) in [6.45, 7) is 2.97. The van der Waals surface area contributed by atoms with E-state index in [2.05, 4.69) is 21.2 Å². The molecule has 0 radical (unpaired) electrons. The van der Waals surface area contributed by atoms with E-state index in [1.54, 1.807) is 4.90 Å². The highest BCUT2D eigenvalue weighted by Crippen LogP contribution is 2.22. The van der Waals surface area contributed by atoms with Crippen LogP contribution < -0.4 is 5.32 Å². The summed E-state index contributed by atoms with van der Waals surface area (Å²) in [4.78, 5) is 29.6. The largest absolute Gasteiger partial charge is 0.354 e. The van der Waals surface area contributed by atoms with Gasteiger partial charge in [0.1, 0.15) is 6.04 Å². The highest BCUT2D eigenvalue weighted by molar-refractivity contribution is 9.10. The molecule has 33 heavy (non-hydrogen) atoms. The second-order valence-corrected chi connectivity index (χ2v) is 9.71. The van der Waals surface area contributed by atoms with Crippen molar-refractivity contribution in [2.45, 2.75) is 37.2 Å². The third-order valence-electron chi connectivity index (χ3n) is 5.17. The first kappa shape index (κ1) is 25.1. The molecule has 1 N–H and O–H groups in total. The Kier molecular flexibility index (Phi) is 10.0. The van der Waals surface area contributed by atoms with Gasteiger partial charge in [0.05, 0.1) is 5.75 Å². The number of hydrogen-bond donors (Lipinski definition) is 1. The number of nitrogens with one attached hydrogen (secondary N) is 1. The molecular formula is C27H29BrN2O2S. The Bertz CT molecular complexity index is 1030. The van der Waals surface area contributed by atoms with Crippen LogP contribution in [0.1, 0.15) is 24.5 Å². The lowest BCUT2D eigenvalue weighted by Crippen LogP contribution is -2.51. The van der Waals surface area contributed by atoms with Gasteiger partial charge in [-0.25, -0.2) is 0 Å². The van der Waals surface area contributed by atoms with Gasteiger partial charge in [0, 0.05) is 28.9 Å². The maximum atomic E-state index is 13.5. The number of rotatable bonds is 11. The molecule has 0 heterocycles. The molecule has 1 atom stereocenters. The SMILES string of the molecule is CCCNC(=O)C(Cc1ccccc1)N(Cc1cccc(Br)c1)C(=O)CSc1ccccc1. The molecule has 2 amide bonds. The van der Waals surface area contributed by atoms with Crippen LogP contribution in [-0.2, 0) is 22.6 Å². The number of thioether (sulfide) groups is 1. The smallest absolute Gasteiger partial charge is 0.243 e. The molecule has 6 heteroatoms. The third kappa shape index (κ3) is 8.06. The van der Waals surface area contributed by atoms with Crippen molar-refractivity contribution < 1.29 is 9.59 Å². The van der Waals surface area contributed by atoms with Crippen LogP contribution >= 0.6 is 27.7 Å². The van der Waals surface area contributed by atoms with Gasteiger partial charge in [0.25, 0.3) is 0 Å². The number of halogens is 1. The Morgan fingerprint density at radius 2 is 1.61 bits per heavy atom. The summed E-state index contributed by atoms with van der Waals surface area (Å²) in [6, 6.07) is 27.0. The lowest BCUT2D eigenvalue weighted by Gasteiger charge is -2.31. The fourth-order valence-corrected chi connectivity index (χ4v) is 4.75. The number of nitrogens with zero attached hydrogens (tertiary/aromatic N) is 1. The zero-order chi connectivity index (χ0) is 23.5. The fraction of sp³-hybridized carbons (Fsp3) is 0.259. The lowest BCUT2D eigenvalue weighted by molar-refractivity contribution is -0.139. The summed E-state index contributed by atoms with van der Waals surface area (Å²) in [7, 11) is 0. The minimum absolute atomic E-state index is 0.0589. The summed E-state index contributed by atoms with van der Waals surface area (Å²) in [6.07, 6.45) is 1.30. The lowest BCUT2D eigenvalue weighted by atomic mass is 10.0. The molecule has 0 bridgehead atoms. The van der Waals surface area contributed by atoms with E-state index >= 15 is 0 Å². The zero-order valence-corrected chi connectivity index (χ0v) is 21.1. The zero-order valence-electron chi connectivity index (χ0n) is 18.7. The van der Waals surface area contributed by atoms with Gasteiger partial charge in [-0.05, 0) is 41.8 Å². The third-order valence-corrected chi connectivity index (χ3v) is 6.66. The Morgan fingerprint density at radius 3 is 2.27 bits per heavy atom. The van der Waals surface area contributed by atoms with Gasteiger partial charge in [-0.15, -0.1) is 11.8 Å². The topological polar surface area (TPSA) is 49.4 Å². The van der Waals surface area contributed by atoms with E-state index < -0.39 is 6.04 Å². The molecule has 1 unspecified atom stereocenters. The van der Waals surface area contributed by atoms with Crippen LogP contribution in [0.2, 0.25) is 0 Å². The second kappa shape index (κ2) is 13.2. The van der Waals surface area contributed by atoms with E-state index in [1.165, 1.54) is 11.8 Å². The highest BCUT2D eigenvalue weighted by atomic mass is 79.9. The van der Waals surface area contributed by atoms with Gasteiger partial charge < -0.3 is 10.2 Å². The molecule has 0 aromatic heterocycles. The molecule has 0 saturated carbocycles. The van der Waals surface area contributed by atoms with Crippen molar-refractivity contribution in [3.63, 3.8) is 0 Å². The van der Waals surface area contributed by atoms with Gasteiger partial charge >= 0.3 is 0 Å².